The minimum Gasteiger partial charge on any atom is -0.337 e. The molecule has 1 N–H and O–H groups in total. The van der Waals surface area contributed by atoms with Crippen molar-refractivity contribution in [2.24, 2.45) is 0 Å². The number of anilines is 1. The summed E-state index contributed by atoms with van der Waals surface area (Å²) in [4.78, 5) is 0. The number of hydrogen-bond acceptors (Lipinski definition) is 1. The first kappa shape index (κ1) is 9.35. The molecule has 5 heteroatoms. The first-order chi connectivity index (χ1) is 5.58. The second-order valence-electron chi connectivity index (χ2n) is 2.06. The average molecular weight is 208 g/mol. The highest BCUT2D eigenvalue weighted by atomic mass is 35.5. The van der Waals surface area contributed by atoms with Gasteiger partial charge in [0.1, 0.15) is 11.6 Å². The van der Waals surface area contributed by atoms with Gasteiger partial charge in [0, 0.05) is 11.8 Å². The van der Waals surface area contributed by atoms with Crippen molar-refractivity contribution in [2.75, 3.05) is 5.32 Å². The van der Waals surface area contributed by atoms with E-state index in [4.69, 9.17) is 11.6 Å². The Balaban J connectivity index is 2.93. The predicted molar refractivity (Wildman–Crippen MR) is 48.4 cm³/mol. The van der Waals surface area contributed by atoms with Crippen molar-refractivity contribution in [3.8, 4) is 0 Å². The largest absolute Gasteiger partial charge is 0.337 e. The number of rotatable bonds is 1. The lowest BCUT2D eigenvalue weighted by atomic mass is 10.3. The third-order valence-electron chi connectivity index (χ3n) is 1.11. The van der Waals surface area contributed by atoms with E-state index in [0.717, 1.165) is 18.2 Å². The van der Waals surface area contributed by atoms with Crippen LogP contribution in [0.4, 0.5) is 14.5 Å². The summed E-state index contributed by atoms with van der Waals surface area (Å²) in [6.45, 7) is 0. The van der Waals surface area contributed by atoms with Gasteiger partial charge in [-0.2, -0.15) is 0 Å². The Kier molecular flexibility index (Phi) is 2.94. The zero-order chi connectivity index (χ0) is 9.14. The fourth-order valence-electron chi connectivity index (χ4n) is 0.739. The fraction of sp³-hybridized carbons (Fsp3) is 0. The fourth-order valence-corrected chi connectivity index (χ4v) is 0.966. The van der Waals surface area contributed by atoms with Gasteiger partial charge >= 0.3 is 0 Å². The predicted octanol–water partition coefficient (Wildman–Crippen LogP) is 2.90. The maximum atomic E-state index is 12.5. The lowest BCUT2D eigenvalue weighted by molar-refractivity contribution is 0.584. The molecular formula is C7H4ClF2NS. The summed E-state index contributed by atoms with van der Waals surface area (Å²) in [6, 6.07) is 2.96. The van der Waals surface area contributed by atoms with Crippen molar-refractivity contribution in [2.45, 2.75) is 0 Å². The summed E-state index contributed by atoms with van der Waals surface area (Å²) >= 11 is 9.77. The molecule has 0 aliphatic rings. The van der Waals surface area contributed by atoms with E-state index in [1.165, 1.54) is 0 Å². The van der Waals surface area contributed by atoms with Crippen LogP contribution in [0.15, 0.2) is 18.2 Å². The molecule has 0 aromatic heterocycles. The van der Waals surface area contributed by atoms with Crippen molar-refractivity contribution in [3.63, 3.8) is 0 Å². The Morgan fingerprint density at radius 1 is 1.25 bits per heavy atom. The van der Waals surface area contributed by atoms with E-state index in [-0.39, 0.29) is 10.1 Å². The van der Waals surface area contributed by atoms with Gasteiger partial charge in [0.2, 0.25) is 0 Å². The zero-order valence-corrected chi connectivity index (χ0v) is 7.35. The van der Waals surface area contributed by atoms with Gasteiger partial charge in [-0.15, -0.1) is 0 Å². The van der Waals surface area contributed by atoms with Gasteiger partial charge in [0.15, 0.2) is 4.45 Å². The second kappa shape index (κ2) is 3.78. The standard InChI is InChI=1S/C7H4ClF2NS/c8-7(12)11-6-2-4(9)1-5(10)3-6/h1-3H,(H,11,12). The molecule has 0 saturated heterocycles. The van der Waals surface area contributed by atoms with Gasteiger partial charge in [0.25, 0.3) is 0 Å². The molecule has 0 amide bonds. The van der Waals surface area contributed by atoms with Crippen molar-refractivity contribution in [3.05, 3.63) is 29.8 Å². The topological polar surface area (TPSA) is 12.0 Å². The van der Waals surface area contributed by atoms with Crippen LogP contribution >= 0.6 is 23.8 Å². The Bertz CT molecular complexity index is 296. The minimum atomic E-state index is -0.676. The summed E-state index contributed by atoms with van der Waals surface area (Å²) < 4.78 is 25.0. The monoisotopic (exact) mass is 207 g/mol. The molecule has 1 aromatic carbocycles. The molecule has 0 aliphatic carbocycles. The van der Waals surface area contributed by atoms with Crippen LogP contribution in [0.3, 0.4) is 0 Å². The summed E-state index contributed by atoms with van der Waals surface area (Å²) in [5.41, 5.74) is 0.201. The van der Waals surface area contributed by atoms with E-state index >= 15 is 0 Å². The Morgan fingerprint density at radius 3 is 2.17 bits per heavy atom. The molecule has 1 nitrogen and oxygen atoms in total. The normalized spacial score (nSPS) is 9.58. The average Bonchev–Trinajstić information content (AvgIpc) is 1.81. The lowest BCUT2D eigenvalue weighted by Crippen LogP contribution is -2.01. The van der Waals surface area contributed by atoms with Gasteiger partial charge in [-0.1, -0.05) is 11.6 Å². The van der Waals surface area contributed by atoms with Gasteiger partial charge in [-0.05, 0) is 24.4 Å². The molecule has 0 bridgehead atoms. The number of thiocarbonyl (C=S) groups is 1. The van der Waals surface area contributed by atoms with Gasteiger partial charge in [-0.25, -0.2) is 8.78 Å². The van der Waals surface area contributed by atoms with Gasteiger partial charge in [0.05, 0.1) is 0 Å². The SMILES string of the molecule is Fc1cc(F)cc(NC(=S)Cl)c1. The minimum absolute atomic E-state index is 0.0556. The number of nitrogens with one attached hydrogen (secondary N) is 1. The molecule has 0 heterocycles. The molecule has 0 atom stereocenters. The van der Waals surface area contributed by atoms with Crippen molar-refractivity contribution >= 4 is 34.0 Å². The molecule has 0 fully saturated rings. The van der Waals surface area contributed by atoms with Gasteiger partial charge < -0.3 is 5.32 Å². The highest BCUT2D eigenvalue weighted by Gasteiger charge is 2.00. The molecular weight excluding hydrogens is 204 g/mol. The zero-order valence-electron chi connectivity index (χ0n) is 5.77. The van der Waals surface area contributed by atoms with Crippen LogP contribution in [0.2, 0.25) is 0 Å². The van der Waals surface area contributed by atoms with Crippen LogP contribution in [-0.4, -0.2) is 4.45 Å². The van der Waals surface area contributed by atoms with Crippen LogP contribution in [0.5, 0.6) is 0 Å². The number of benzene rings is 1. The van der Waals surface area contributed by atoms with Crippen LogP contribution in [-0.2, 0) is 0 Å². The third kappa shape index (κ3) is 2.71. The molecule has 12 heavy (non-hydrogen) atoms. The second-order valence-corrected chi connectivity index (χ2v) is 3.07. The molecule has 0 radical (unpaired) electrons. The smallest absolute Gasteiger partial charge is 0.171 e. The van der Waals surface area contributed by atoms with Crippen LogP contribution < -0.4 is 5.32 Å². The molecule has 1 rings (SSSR count). The van der Waals surface area contributed by atoms with E-state index in [9.17, 15) is 8.78 Å². The number of hydrogen-bond donors (Lipinski definition) is 1. The highest BCUT2D eigenvalue weighted by molar-refractivity contribution is 7.83. The van der Waals surface area contributed by atoms with E-state index in [1.807, 2.05) is 0 Å². The maximum Gasteiger partial charge on any atom is 0.171 e. The van der Waals surface area contributed by atoms with E-state index in [0.29, 0.717) is 0 Å². The third-order valence-corrected chi connectivity index (χ3v) is 1.30. The van der Waals surface area contributed by atoms with Gasteiger partial charge in [-0.3, -0.25) is 0 Å². The molecule has 1 aromatic rings. The maximum absolute atomic E-state index is 12.5. The van der Waals surface area contributed by atoms with Crippen molar-refractivity contribution in [1.82, 2.24) is 0 Å². The summed E-state index contributed by atoms with van der Waals surface area (Å²) in [6.07, 6.45) is 0. The highest BCUT2D eigenvalue weighted by Crippen LogP contribution is 2.13. The van der Waals surface area contributed by atoms with Crippen molar-refractivity contribution in [1.29, 1.82) is 0 Å². The first-order valence-corrected chi connectivity index (χ1v) is 3.79. The van der Waals surface area contributed by atoms with Crippen molar-refractivity contribution < 1.29 is 8.78 Å². The molecule has 0 saturated carbocycles. The molecule has 0 spiro atoms. The molecule has 0 unspecified atom stereocenters. The van der Waals surface area contributed by atoms with E-state index < -0.39 is 11.6 Å². The van der Waals surface area contributed by atoms with Crippen LogP contribution in [0, 0.1) is 11.6 Å². The van der Waals surface area contributed by atoms with Crippen LogP contribution in [0.1, 0.15) is 0 Å². The first-order valence-electron chi connectivity index (χ1n) is 3.00. The quantitative estimate of drug-likeness (QED) is 0.432. The van der Waals surface area contributed by atoms with E-state index in [1.54, 1.807) is 0 Å². The lowest BCUT2D eigenvalue weighted by Gasteiger charge is -2.01. The van der Waals surface area contributed by atoms with E-state index in [2.05, 4.69) is 17.5 Å². The summed E-state index contributed by atoms with van der Waals surface area (Å²) in [5, 5.41) is 2.40. The molecule has 0 aliphatic heterocycles. The summed E-state index contributed by atoms with van der Waals surface area (Å²) in [7, 11) is 0. The molecule has 64 valence electrons. The number of halogens is 3. The van der Waals surface area contributed by atoms with Crippen LogP contribution in [0.25, 0.3) is 0 Å². The summed E-state index contributed by atoms with van der Waals surface area (Å²) in [5.74, 6) is -1.35. The Morgan fingerprint density at radius 2 is 1.75 bits per heavy atom. The Hall–Kier alpha value is -0.740. The Labute approximate surface area is 78.3 Å².